The summed E-state index contributed by atoms with van der Waals surface area (Å²) in [5.74, 6) is -1.47. The van der Waals surface area contributed by atoms with Crippen molar-refractivity contribution in [1.82, 2.24) is 4.90 Å². The summed E-state index contributed by atoms with van der Waals surface area (Å²) in [4.78, 5) is 43.8. The number of ether oxygens (including phenoxy) is 1. The second-order valence-corrected chi connectivity index (χ2v) is 8.87. The van der Waals surface area contributed by atoms with E-state index in [0.717, 1.165) is 5.56 Å². The first kappa shape index (κ1) is 24.2. The van der Waals surface area contributed by atoms with Crippen molar-refractivity contribution in [2.75, 3.05) is 12.4 Å². The van der Waals surface area contributed by atoms with Gasteiger partial charge >= 0.3 is 5.97 Å². The van der Waals surface area contributed by atoms with E-state index in [0.29, 0.717) is 28.7 Å². The van der Waals surface area contributed by atoms with Crippen LogP contribution in [0.1, 0.15) is 22.3 Å². The number of halogens is 1. The van der Waals surface area contributed by atoms with Gasteiger partial charge in [-0.2, -0.15) is 0 Å². The highest BCUT2D eigenvalue weighted by Crippen LogP contribution is 2.31. The quantitative estimate of drug-likeness (QED) is 0.502. The molecule has 9 heteroatoms. The molecule has 0 bridgehead atoms. The number of methoxy groups -OCH3 is 1. The van der Waals surface area contributed by atoms with Crippen molar-refractivity contribution < 1.29 is 23.5 Å². The lowest BCUT2D eigenvalue weighted by atomic mass is 10.2. The molecule has 178 valence electrons. The Kier molecular flexibility index (Phi) is 7.57. The maximum Gasteiger partial charge on any atom is 0.337 e. The maximum atomic E-state index is 13.4. The Bertz CT molecular complexity index is 1250. The predicted octanol–water partition coefficient (Wildman–Crippen LogP) is 4.77. The molecule has 3 aromatic carbocycles. The van der Waals surface area contributed by atoms with Gasteiger partial charge in [-0.05, 0) is 54.1 Å². The average Bonchev–Trinajstić information content (AvgIpc) is 2.87. The number of carbonyl (C=O) groups is 3. The molecule has 2 amide bonds. The second-order valence-electron chi connectivity index (χ2n) is 7.71. The second kappa shape index (κ2) is 11.0. The molecule has 0 spiro atoms. The molecule has 7 nitrogen and oxygen atoms in total. The summed E-state index contributed by atoms with van der Waals surface area (Å²) < 4.78 is 18.0. The molecule has 0 unspecified atom stereocenters. The number of aliphatic imine (C=N–C) groups is 1. The lowest BCUT2D eigenvalue weighted by Gasteiger charge is -2.32. The van der Waals surface area contributed by atoms with Gasteiger partial charge in [0.05, 0.1) is 24.9 Å². The first-order valence-corrected chi connectivity index (χ1v) is 11.7. The number of anilines is 1. The van der Waals surface area contributed by atoms with Crippen LogP contribution in [0.15, 0.2) is 83.9 Å². The van der Waals surface area contributed by atoms with Crippen molar-refractivity contribution in [3.05, 3.63) is 95.8 Å². The molecule has 0 aliphatic carbocycles. The average molecular weight is 492 g/mol. The summed E-state index contributed by atoms with van der Waals surface area (Å²) in [5.41, 5.74) is 2.23. The van der Waals surface area contributed by atoms with E-state index in [1.807, 2.05) is 30.3 Å². The number of hydrogen-bond donors (Lipinski definition) is 1. The van der Waals surface area contributed by atoms with Crippen LogP contribution in [0.5, 0.6) is 0 Å². The molecular weight excluding hydrogens is 469 g/mol. The Morgan fingerprint density at radius 1 is 1.06 bits per heavy atom. The third kappa shape index (κ3) is 6.13. The normalized spacial score (nSPS) is 16.7. The number of rotatable bonds is 6. The van der Waals surface area contributed by atoms with E-state index in [9.17, 15) is 18.8 Å². The first-order chi connectivity index (χ1) is 16.9. The molecule has 0 saturated carbocycles. The fraction of sp³-hybridized carbons (Fsp3) is 0.154. The van der Waals surface area contributed by atoms with Gasteiger partial charge in [0, 0.05) is 12.1 Å². The number of hydrogen-bond acceptors (Lipinski definition) is 6. The van der Waals surface area contributed by atoms with Crippen LogP contribution in [0.25, 0.3) is 0 Å². The fourth-order valence-corrected chi connectivity index (χ4v) is 4.52. The van der Waals surface area contributed by atoms with Gasteiger partial charge in [-0.3, -0.25) is 14.5 Å². The summed E-state index contributed by atoms with van der Waals surface area (Å²) in [6.07, 6.45) is -0.00792. The van der Waals surface area contributed by atoms with Gasteiger partial charge in [0.25, 0.3) is 0 Å². The first-order valence-electron chi connectivity index (χ1n) is 10.8. The number of benzene rings is 3. The topological polar surface area (TPSA) is 88.1 Å². The van der Waals surface area contributed by atoms with Gasteiger partial charge in [-0.15, -0.1) is 0 Å². The summed E-state index contributed by atoms with van der Waals surface area (Å²) >= 11 is 1.18. The van der Waals surface area contributed by atoms with Crippen molar-refractivity contribution in [2.45, 2.75) is 18.2 Å². The highest BCUT2D eigenvalue weighted by Gasteiger charge is 2.36. The number of nitrogens with zero attached hydrogens (tertiary/aromatic N) is 2. The van der Waals surface area contributed by atoms with Crippen molar-refractivity contribution in [2.24, 2.45) is 4.99 Å². The summed E-state index contributed by atoms with van der Waals surface area (Å²) in [6.45, 7) is 0.302. The molecule has 1 aliphatic heterocycles. The van der Waals surface area contributed by atoms with Gasteiger partial charge in [-0.1, -0.05) is 42.1 Å². The highest BCUT2D eigenvalue weighted by atomic mass is 32.2. The molecule has 1 N–H and O–H groups in total. The Labute approximate surface area is 206 Å². The third-order valence-corrected chi connectivity index (χ3v) is 6.43. The van der Waals surface area contributed by atoms with Crippen LogP contribution in [0.4, 0.5) is 15.8 Å². The zero-order valence-electron chi connectivity index (χ0n) is 18.8. The summed E-state index contributed by atoms with van der Waals surface area (Å²) in [6, 6.07) is 21.4. The standard InChI is InChI=1S/C26H22FN3O4S/c1-34-25(33)18-7-11-20(12-8-18)28-24(32)22-15-23(31)30(16-17-5-3-2-4-6-17)26(35-22)29-21-13-9-19(27)10-14-21/h2-14,22H,15-16H2,1H3,(H,28,32)/t22-/m1/s1. The van der Waals surface area contributed by atoms with E-state index in [4.69, 9.17) is 0 Å². The molecule has 1 heterocycles. The molecule has 4 rings (SSSR count). The lowest BCUT2D eigenvalue weighted by molar-refractivity contribution is -0.129. The number of amidine groups is 1. The van der Waals surface area contributed by atoms with E-state index in [-0.39, 0.29) is 18.2 Å². The van der Waals surface area contributed by atoms with Crippen LogP contribution >= 0.6 is 11.8 Å². The zero-order chi connectivity index (χ0) is 24.8. The number of amides is 2. The number of esters is 1. The minimum atomic E-state index is -0.714. The third-order valence-electron chi connectivity index (χ3n) is 5.24. The zero-order valence-corrected chi connectivity index (χ0v) is 19.6. The van der Waals surface area contributed by atoms with Gasteiger partial charge < -0.3 is 10.1 Å². The number of nitrogens with one attached hydrogen (secondary N) is 1. The Morgan fingerprint density at radius 2 is 1.74 bits per heavy atom. The van der Waals surface area contributed by atoms with Crippen LogP contribution in [0.2, 0.25) is 0 Å². The van der Waals surface area contributed by atoms with Crippen LogP contribution in [-0.2, 0) is 20.9 Å². The highest BCUT2D eigenvalue weighted by molar-refractivity contribution is 8.15. The van der Waals surface area contributed by atoms with Crippen LogP contribution in [0.3, 0.4) is 0 Å². The van der Waals surface area contributed by atoms with Crippen molar-refractivity contribution in [3.63, 3.8) is 0 Å². The predicted molar refractivity (Wildman–Crippen MR) is 133 cm³/mol. The van der Waals surface area contributed by atoms with Gasteiger partial charge in [0.15, 0.2) is 5.17 Å². The molecule has 1 saturated heterocycles. The summed E-state index contributed by atoms with van der Waals surface area (Å²) in [5, 5.41) is 2.43. The monoisotopic (exact) mass is 491 g/mol. The van der Waals surface area contributed by atoms with Gasteiger partial charge in [0.1, 0.15) is 11.1 Å². The number of carbonyl (C=O) groups excluding carboxylic acids is 3. The Hall–Kier alpha value is -3.98. The summed E-state index contributed by atoms with van der Waals surface area (Å²) in [7, 11) is 1.29. The molecule has 35 heavy (non-hydrogen) atoms. The van der Waals surface area contributed by atoms with Crippen molar-refractivity contribution in [3.8, 4) is 0 Å². The molecule has 1 fully saturated rings. The Morgan fingerprint density at radius 3 is 2.40 bits per heavy atom. The maximum absolute atomic E-state index is 13.4. The van der Waals surface area contributed by atoms with Gasteiger partial charge in [0.2, 0.25) is 11.8 Å². The van der Waals surface area contributed by atoms with E-state index in [1.54, 1.807) is 24.3 Å². The molecule has 1 aliphatic rings. The van der Waals surface area contributed by atoms with Crippen molar-refractivity contribution >= 4 is 46.1 Å². The minimum absolute atomic E-state index is 0.00792. The number of thioether (sulfide) groups is 1. The van der Waals surface area contributed by atoms with Crippen LogP contribution in [-0.4, -0.2) is 40.2 Å². The van der Waals surface area contributed by atoms with Gasteiger partial charge in [-0.25, -0.2) is 14.2 Å². The van der Waals surface area contributed by atoms with Crippen molar-refractivity contribution in [1.29, 1.82) is 0 Å². The fourth-order valence-electron chi connectivity index (χ4n) is 3.42. The van der Waals surface area contributed by atoms with E-state index >= 15 is 0 Å². The molecular formula is C26H22FN3O4S. The molecule has 0 aromatic heterocycles. The minimum Gasteiger partial charge on any atom is -0.465 e. The molecule has 3 aromatic rings. The van der Waals surface area contributed by atoms with Crippen LogP contribution < -0.4 is 5.32 Å². The molecule has 0 radical (unpaired) electrons. The SMILES string of the molecule is COC(=O)c1ccc(NC(=O)[C@H]2CC(=O)N(Cc3ccccc3)C(=Nc3ccc(F)cc3)S2)cc1. The lowest BCUT2D eigenvalue weighted by Crippen LogP contribution is -2.44. The Balaban J connectivity index is 1.55. The van der Waals surface area contributed by atoms with E-state index in [2.05, 4.69) is 15.0 Å². The van der Waals surface area contributed by atoms with E-state index < -0.39 is 17.0 Å². The van der Waals surface area contributed by atoms with E-state index in [1.165, 1.54) is 48.0 Å². The smallest absolute Gasteiger partial charge is 0.337 e. The van der Waals surface area contributed by atoms with Crippen LogP contribution in [0, 0.1) is 5.82 Å². The largest absolute Gasteiger partial charge is 0.465 e. The molecule has 1 atom stereocenters.